The molecule has 3 saturated carbocycles. The number of carbonyl (C=O) groups excluding carboxylic acids is 2. The Bertz CT molecular complexity index is 677. The zero-order valence-corrected chi connectivity index (χ0v) is 14.4. The predicted molar refractivity (Wildman–Crippen MR) is 85.7 cm³/mol. The van der Waals surface area contributed by atoms with Gasteiger partial charge in [0.25, 0.3) is 0 Å². The maximum Gasteiger partial charge on any atom is 0.333 e. The Balaban J connectivity index is 1.79. The highest BCUT2D eigenvalue weighted by Gasteiger charge is 2.65. The summed E-state index contributed by atoms with van der Waals surface area (Å²) in [6, 6.07) is 0. The zero-order chi connectivity index (χ0) is 17.4. The molecule has 24 heavy (non-hydrogen) atoms. The first kappa shape index (κ1) is 15.9. The number of hydrogen-bond donors (Lipinski definition) is 1. The number of esters is 2. The first-order valence-electron chi connectivity index (χ1n) is 8.68. The molecule has 5 rings (SSSR count). The highest BCUT2D eigenvalue weighted by atomic mass is 16.6. The summed E-state index contributed by atoms with van der Waals surface area (Å²) in [7, 11) is 0. The summed E-state index contributed by atoms with van der Waals surface area (Å²) >= 11 is 0. The van der Waals surface area contributed by atoms with Gasteiger partial charge in [-0.05, 0) is 55.6 Å². The molecule has 0 aromatic rings. The zero-order valence-electron chi connectivity index (χ0n) is 14.4. The number of hydrogen-bond acceptors (Lipinski definition) is 5. The van der Waals surface area contributed by atoms with Crippen LogP contribution in [0.1, 0.15) is 40.0 Å². The fourth-order valence-corrected chi connectivity index (χ4v) is 5.50. The number of ether oxygens (including phenoxy) is 2. The van der Waals surface area contributed by atoms with E-state index in [0.717, 1.165) is 17.6 Å². The summed E-state index contributed by atoms with van der Waals surface area (Å²) in [4.78, 5) is 24.5. The lowest BCUT2D eigenvalue weighted by Gasteiger charge is -2.43. The van der Waals surface area contributed by atoms with Crippen molar-refractivity contribution in [2.45, 2.75) is 58.3 Å². The molecule has 0 unspecified atom stereocenters. The Morgan fingerprint density at radius 1 is 1.42 bits per heavy atom. The van der Waals surface area contributed by atoms with E-state index in [2.05, 4.69) is 13.5 Å². The van der Waals surface area contributed by atoms with Crippen LogP contribution in [0.15, 0.2) is 23.3 Å². The third kappa shape index (κ3) is 1.97. The van der Waals surface area contributed by atoms with Gasteiger partial charge in [-0.1, -0.05) is 13.5 Å². The van der Waals surface area contributed by atoms with E-state index >= 15 is 0 Å². The second-order valence-corrected chi connectivity index (χ2v) is 8.27. The molecule has 7 atom stereocenters. The second kappa shape index (κ2) is 4.94. The minimum atomic E-state index is -0.463. The fraction of sp³-hybridized carbons (Fsp3) is 0.684. The molecule has 130 valence electrons. The largest absolute Gasteiger partial charge is 0.459 e. The molecule has 4 fully saturated rings. The van der Waals surface area contributed by atoms with Gasteiger partial charge in [-0.3, -0.25) is 4.79 Å². The van der Waals surface area contributed by atoms with Crippen molar-refractivity contribution in [2.24, 2.45) is 23.2 Å². The van der Waals surface area contributed by atoms with Crippen LogP contribution in [-0.4, -0.2) is 35.4 Å². The average molecular weight is 332 g/mol. The number of aliphatic hydroxyl groups excluding tert-OH is 1. The molecule has 1 heterocycles. The Morgan fingerprint density at radius 2 is 2.12 bits per heavy atom. The molecule has 0 spiro atoms. The third-order valence-corrected chi connectivity index (χ3v) is 6.69. The van der Waals surface area contributed by atoms with Gasteiger partial charge in [-0.2, -0.15) is 0 Å². The molecule has 1 saturated heterocycles. The average Bonchev–Trinajstić information content (AvgIpc) is 2.91. The topological polar surface area (TPSA) is 72.8 Å². The SMILES string of the molecule is C=C(C)C(=O)O[C@@H]1C[C@]2(C)C[C@H]3C(=O)O[C@@H](C4=C(C)[C@H](O)C[C@H]42)[C@@H]13. The van der Waals surface area contributed by atoms with Gasteiger partial charge in [0.2, 0.25) is 0 Å². The minimum Gasteiger partial charge on any atom is -0.459 e. The van der Waals surface area contributed by atoms with Crippen LogP contribution in [0.4, 0.5) is 0 Å². The van der Waals surface area contributed by atoms with E-state index in [-0.39, 0.29) is 41.3 Å². The van der Waals surface area contributed by atoms with Crippen molar-refractivity contribution in [1.82, 2.24) is 0 Å². The molecule has 5 aliphatic rings. The van der Waals surface area contributed by atoms with Crippen LogP contribution in [0.2, 0.25) is 0 Å². The molecule has 1 N–H and O–H groups in total. The quantitative estimate of drug-likeness (QED) is 0.476. The molecule has 4 bridgehead atoms. The standard InChI is InChI=1S/C19H24O5/c1-8(2)17(21)23-13-7-19(4)6-10-15(13)16(24-18(10)22)14-9(3)12(20)5-11(14)19/h10-13,15-16,20H,1,5-7H2,2-4H3/t10-,11-,12-,13-,15-,16+,19+/m1/s1. The molecule has 1 aliphatic heterocycles. The summed E-state index contributed by atoms with van der Waals surface area (Å²) < 4.78 is 11.5. The molecule has 0 aromatic heterocycles. The van der Waals surface area contributed by atoms with Crippen molar-refractivity contribution < 1.29 is 24.2 Å². The van der Waals surface area contributed by atoms with Gasteiger partial charge in [-0.15, -0.1) is 0 Å². The monoisotopic (exact) mass is 332 g/mol. The first-order valence-corrected chi connectivity index (χ1v) is 8.68. The maximum absolute atomic E-state index is 12.4. The van der Waals surface area contributed by atoms with Crippen molar-refractivity contribution in [3.05, 3.63) is 23.3 Å². The van der Waals surface area contributed by atoms with Crippen LogP contribution in [0.25, 0.3) is 0 Å². The predicted octanol–water partition coefficient (Wildman–Crippen LogP) is 2.14. The summed E-state index contributed by atoms with van der Waals surface area (Å²) in [5.41, 5.74) is 2.22. The van der Waals surface area contributed by atoms with E-state index in [0.29, 0.717) is 18.4 Å². The molecular formula is C19H24O5. The lowest BCUT2D eigenvalue weighted by atomic mass is 9.62. The van der Waals surface area contributed by atoms with Gasteiger partial charge in [0.05, 0.1) is 17.9 Å². The van der Waals surface area contributed by atoms with Crippen molar-refractivity contribution in [2.75, 3.05) is 0 Å². The van der Waals surface area contributed by atoms with Crippen molar-refractivity contribution in [3.8, 4) is 0 Å². The molecule has 5 nitrogen and oxygen atoms in total. The van der Waals surface area contributed by atoms with Crippen molar-refractivity contribution in [3.63, 3.8) is 0 Å². The Morgan fingerprint density at radius 3 is 2.79 bits per heavy atom. The van der Waals surface area contributed by atoms with E-state index in [1.165, 1.54) is 0 Å². The lowest BCUT2D eigenvalue weighted by molar-refractivity contribution is -0.155. The van der Waals surface area contributed by atoms with Gasteiger partial charge in [-0.25, -0.2) is 4.79 Å². The van der Waals surface area contributed by atoms with Gasteiger partial charge in [0, 0.05) is 5.57 Å². The maximum atomic E-state index is 12.4. The summed E-state index contributed by atoms with van der Waals surface area (Å²) in [5.74, 6) is -0.771. The van der Waals surface area contributed by atoms with Gasteiger partial charge in [0.1, 0.15) is 12.2 Å². The van der Waals surface area contributed by atoms with E-state index in [1.54, 1.807) is 6.92 Å². The number of rotatable bonds is 2. The number of carbonyl (C=O) groups is 2. The normalized spacial score (nSPS) is 45.8. The first-order chi connectivity index (χ1) is 11.2. The van der Waals surface area contributed by atoms with Gasteiger partial charge >= 0.3 is 11.9 Å². The summed E-state index contributed by atoms with van der Waals surface area (Å²) in [6.07, 6.45) is 0.952. The van der Waals surface area contributed by atoms with E-state index in [1.807, 2.05) is 6.92 Å². The second-order valence-electron chi connectivity index (χ2n) is 8.27. The number of aliphatic hydroxyl groups is 1. The van der Waals surface area contributed by atoms with Gasteiger partial charge < -0.3 is 14.6 Å². The van der Waals surface area contributed by atoms with Crippen molar-refractivity contribution >= 4 is 11.9 Å². The van der Waals surface area contributed by atoms with Crippen LogP contribution in [0.5, 0.6) is 0 Å². The molecular weight excluding hydrogens is 308 g/mol. The molecule has 4 aliphatic carbocycles. The van der Waals surface area contributed by atoms with E-state index < -0.39 is 12.1 Å². The molecule has 0 amide bonds. The van der Waals surface area contributed by atoms with Crippen molar-refractivity contribution in [1.29, 1.82) is 0 Å². The molecule has 5 heteroatoms. The highest BCUT2D eigenvalue weighted by molar-refractivity contribution is 5.87. The van der Waals surface area contributed by atoms with Crippen LogP contribution < -0.4 is 0 Å². The minimum absolute atomic E-state index is 0.144. The fourth-order valence-electron chi connectivity index (χ4n) is 5.50. The Kier molecular flexibility index (Phi) is 3.27. The highest BCUT2D eigenvalue weighted by Crippen LogP contribution is 2.63. The summed E-state index contributed by atoms with van der Waals surface area (Å²) in [5, 5.41) is 10.3. The van der Waals surface area contributed by atoms with E-state index in [4.69, 9.17) is 9.47 Å². The Hall–Kier alpha value is -1.62. The van der Waals surface area contributed by atoms with Crippen LogP contribution in [-0.2, 0) is 19.1 Å². The molecule has 0 aromatic carbocycles. The smallest absolute Gasteiger partial charge is 0.333 e. The third-order valence-electron chi connectivity index (χ3n) is 6.69. The van der Waals surface area contributed by atoms with Crippen LogP contribution in [0, 0.1) is 23.2 Å². The van der Waals surface area contributed by atoms with E-state index in [9.17, 15) is 14.7 Å². The Labute approximate surface area is 141 Å². The lowest BCUT2D eigenvalue weighted by Crippen LogP contribution is -2.44. The van der Waals surface area contributed by atoms with Crippen LogP contribution >= 0.6 is 0 Å². The van der Waals surface area contributed by atoms with Gasteiger partial charge in [0.15, 0.2) is 0 Å². The molecule has 0 radical (unpaired) electrons. The number of fused-ring (bicyclic) bond motifs is 1. The summed E-state index contributed by atoms with van der Waals surface area (Å²) in [6.45, 7) is 9.38. The van der Waals surface area contributed by atoms with Crippen LogP contribution in [0.3, 0.4) is 0 Å².